The van der Waals surface area contributed by atoms with E-state index in [4.69, 9.17) is 4.98 Å². The lowest BCUT2D eigenvalue weighted by Gasteiger charge is -2.18. The zero-order valence-electron chi connectivity index (χ0n) is 17.9. The highest BCUT2D eigenvalue weighted by atomic mass is 79.9. The first-order chi connectivity index (χ1) is 16.2. The van der Waals surface area contributed by atoms with Crippen LogP contribution in [0.1, 0.15) is 11.1 Å². The van der Waals surface area contributed by atoms with E-state index in [1.807, 2.05) is 6.07 Å². The largest absolute Gasteiger partial charge is 0.247 e. The van der Waals surface area contributed by atoms with E-state index in [0.717, 1.165) is 37.9 Å². The Bertz CT molecular complexity index is 1360. The molecule has 1 aromatic heterocycles. The number of hydrogen-bond donors (Lipinski definition) is 0. The first-order valence-electron chi connectivity index (χ1n) is 10.8. The molecule has 3 heteroatoms. The molecule has 0 unspecified atom stereocenters. The standard InChI is InChI=1S/C30H21Br2N/c31-25-15-11-21(12-16-25)19-28-27(22-13-17-26(32)18-14-22)20-29(23-7-3-1-4-8-23)33-30(28)24-9-5-2-6-10-24/h1-18,20H,19H2. The second kappa shape index (κ2) is 9.86. The van der Waals surface area contributed by atoms with Crippen LogP contribution in [0.2, 0.25) is 0 Å². The van der Waals surface area contributed by atoms with Gasteiger partial charge in [-0.3, -0.25) is 0 Å². The average molecular weight is 555 g/mol. The summed E-state index contributed by atoms with van der Waals surface area (Å²) in [6.45, 7) is 0. The van der Waals surface area contributed by atoms with Gasteiger partial charge in [0.25, 0.3) is 0 Å². The molecule has 1 nitrogen and oxygen atoms in total. The van der Waals surface area contributed by atoms with Crippen molar-refractivity contribution in [3.05, 3.63) is 135 Å². The Morgan fingerprint density at radius 2 is 1.09 bits per heavy atom. The minimum absolute atomic E-state index is 0.797. The smallest absolute Gasteiger partial charge is 0.0751 e. The predicted octanol–water partition coefficient (Wildman–Crippen LogP) is 9.20. The number of nitrogens with zero attached hydrogens (tertiary/aromatic N) is 1. The molecule has 0 fully saturated rings. The summed E-state index contributed by atoms with van der Waals surface area (Å²) in [5, 5.41) is 0. The van der Waals surface area contributed by atoms with Gasteiger partial charge >= 0.3 is 0 Å². The first kappa shape index (κ1) is 21.8. The lowest BCUT2D eigenvalue weighted by Crippen LogP contribution is -2.01. The Labute approximate surface area is 211 Å². The average Bonchev–Trinajstić information content (AvgIpc) is 2.87. The molecule has 0 aliphatic carbocycles. The molecule has 5 aromatic rings. The van der Waals surface area contributed by atoms with E-state index in [1.165, 1.54) is 22.3 Å². The molecule has 0 aliphatic heterocycles. The van der Waals surface area contributed by atoms with Crippen LogP contribution in [0.15, 0.2) is 124 Å². The van der Waals surface area contributed by atoms with Gasteiger partial charge in [-0.15, -0.1) is 0 Å². The van der Waals surface area contributed by atoms with Crippen molar-refractivity contribution in [2.24, 2.45) is 0 Å². The zero-order chi connectivity index (χ0) is 22.6. The molecule has 0 saturated carbocycles. The van der Waals surface area contributed by atoms with Gasteiger partial charge in [-0.25, -0.2) is 4.98 Å². The molecule has 33 heavy (non-hydrogen) atoms. The molecule has 1 heterocycles. The highest BCUT2D eigenvalue weighted by Gasteiger charge is 2.17. The van der Waals surface area contributed by atoms with Crippen molar-refractivity contribution in [3.63, 3.8) is 0 Å². The minimum atomic E-state index is 0.797. The highest BCUT2D eigenvalue weighted by molar-refractivity contribution is 9.10. The first-order valence-corrected chi connectivity index (χ1v) is 12.4. The molecule has 160 valence electrons. The fourth-order valence-electron chi connectivity index (χ4n) is 4.04. The van der Waals surface area contributed by atoms with Gasteiger partial charge < -0.3 is 0 Å². The predicted molar refractivity (Wildman–Crippen MR) is 145 cm³/mol. The minimum Gasteiger partial charge on any atom is -0.247 e. The second-order valence-electron chi connectivity index (χ2n) is 7.92. The third kappa shape index (κ3) is 5.00. The van der Waals surface area contributed by atoms with Crippen LogP contribution in [-0.4, -0.2) is 4.98 Å². The van der Waals surface area contributed by atoms with Crippen LogP contribution in [0.5, 0.6) is 0 Å². The third-order valence-corrected chi connectivity index (χ3v) is 6.75. The van der Waals surface area contributed by atoms with Crippen molar-refractivity contribution in [2.45, 2.75) is 6.42 Å². The second-order valence-corrected chi connectivity index (χ2v) is 9.76. The quantitative estimate of drug-likeness (QED) is 0.211. The maximum atomic E-state index is 5.21. The number of pyridine rings is 1. The molecule has 0 radical (unpaired) electrons. The summed E-state index contributed by atoms with van der Waals surface area (Å²) in [6.07, 6.45) is 0.797. The van der Waals surface area contributed by atoms with Crippen LogP contribution in [0.3, 0.4) is 0 Å². The maximum absolute atomic E-state index is 5.21. The molecule has 0 N–H and O–H groups in total. The molecule has 0 amide bonds. The van der Waals surface area contributed by atoms with Crippen LogP contribution in [0, 0.1) is 0 Å². The monoisotopic (exact) mass is 553 g/mol. The van der Waals surface area contributed by atoms with E-state index in [1.54, 1.807) is 0 Å². The van der Waals surface area contributed by atoms with Crippen molar-refractivity contribution >= 4 is 31.9 Å². The number of halogens is 2. The zero-order valence-corrected chi connectivity index (χ0v) is 21.1. The molecule has 0 atom stereocenters. The number of hydrogen-bond acceptors (Lipinski definition) is 1. The number of rotatable bonds is 5. The summed E-state index contributed by atoms with van der Waals surface area (Å²) in [7, 11) is 0. The van der Waals surface area contributed by atoms with Crippen LogP contribution < -0.4 is 0 Å². The van der Waals surface area contributed by atoms with Crippen LogP contribution in [0.25, 0.3) is 33.6 Å². The highest BCUT2D eigenvalue weighted by Crippen LogP contribution is 2.37. The van der Waals surface area contributed by atoms with Crippen LogP contribution in [-0.2, 0) is 6.42 Å². The summed E-state index contributed by atoms with van der Waals surface area (Å²) < 4.78 is 2.15. The summed E-state index contributed by atoms with van der Waals surface area (Å²) in [5.74, 6) is 0. The molecule has 4 aromatic carbocycles. The van der Waals surface area contributed by atoms with E-state index in [-0.39, 0.29) is 0 Å². The van der Waals surface area contributed by atoms with E-state index < -0.39 is 0 Å². The van der Waals surface area contributed by atoms with Crippen molar-refractivity contribution in [1.82, 2.24) is 4.98 Å². The lowest BCUT2D eigenvalue weighted by atomic mass is 9.90. The van der Waals surface area contributed by atoms with Gasteiger partial charge in [0, 0.05) is 26.5 Å². The Morgan fingerprint density at radius 1 is 0.545 bits per heavy atom. The molecule has 5 rings (SSSR count). The Balaban J connectivity index is 1.78. The Morgan fingerprint density at radius 3 is 1.70 bits per heavy atom. The molecule has 0 bridgehead atoms. The van der Waals surface area contributed by atoms with Crippen molar-refractivity contribution < 1.29 is 0 Å². The van der Waals surface area contributed by atoms with Crippen LogP contribution in [0.4, 0.5) is 0 Å². The lowest BCUT2D eigenvalue weighted by molar-refractivity contribution is 1.15. The number of benzene rings is 4. The summed E-state index contributed by atoms with van der Waals surface area (Å²) in [5.41, 5.74) is 9.11. The summed E-state index contributed by atoms with van der Waals surface area (Å²) in [4.78, 5) is 5.21. The fourth-order valence-corrected chi connectivity index (χ4v) is 4.56. The molecular formula is C30H21Br2N. The Kier molecular flexibility index (Phi) is 6.52. The van der Waals surface area contributed by atoms with Crippen molar-refractivity contribution in [2.75, 3.05) is 0 Å². The van der Waals surface area contributed by atoms with Gasteiger partial charge in [-0.05, 0) is 52.6 Å². The van der Waals surface area contributed by atoms with Gasteiger partial charge in [0.05, 0.1) is 11.4 Å². The molecular weight excluding hydrogens is 534 g/mol. The van der Waals surface area contributed by atoms with E-state index in [2.05, 4.69) is 141 Å². The molecule has 0 spiro atoms. The van der Waals surface area contributed by atoms with Gasteiger partial charge in [0.1, 0.15) is 0 Å². The van der Waals surface area contributed by atoms with Crippen LogP contribution >= 0.6 is 31.9 Å². The molecule has 0 aliphatic rings. The van der Waals surface area contributed by atoms with E-state index in [9.17, 15) is 0 Å². The van der Waals surface area contributed by atoms with Gasteiger partial charge in [0.2, 0.25) is 0 Å². The number of aromatic nitrogens is 1. The molecule has 0 saturated heterocycles. The fraction of sp³-hybridized carbons (Fsp3) is 0.0333. The topological polar surface area (TPSA) is 12.9 Å². The Hall–Kier alpha value is -3.01. The third-order valence-electron chi connectivity index (χ3n) is 5.69. The van der Waals surface area contributed by atoms with E-state index >= 15 is 0 Å². The van der Waals surface area contributed by atoms with E-state index in [0.29, 0.717) is 0 Å². The maximum Gasteiger partial charge on any atom is 0.0751 e. The van der Waals surface area contributed by atoms with Gasteiger partial charge in [-0.1, -0.05) is 117 Å². The van der Waals surface area contributed by atoms with Gasteiger partial charge in [0.15, 0.2) is 0 Å². The van der Waals surface area contributed by atoms with Crippen molar-refractivity contribution in [1.29, 1.82) is 0 Å². The van der Waals surface area contributed by atoms with Gasteiger partial charge in [-0.2, -0.15) is 0 Å². The normalized spacial score (nSPS) is 10.8. The SMILES string of the molecule is Brc1ccc(Cc2c(-c3ccc(Br)cc3)cc(-c3ccccc3)nc2-c2ccccc2)cc1. The van der Waals surface area contributed by atoms with Crippen molar-refractivity contribution in [3.8, 4) is 33.6 Å². The summed E-state index contributed by atoms with van der Waals surface area (Å²) in [6, 6.07) is 40.2. The summed E-state index contributed by atoms with van der Waals surface area (Å²) >= 11 is 7.14.